The van der Waals surface area contributed by atoms with Crippen molar-refractivity contribution in [2.75, 3.05) is 19.7 Å². The third kappa shape index (κ3) is 4.81. The smallest absolute Gasteiger partial charge is 0.272 e. The summed E-state index contributed by atoms with van der Waals surface area (Å²) < 4.78 is 5.39. The predicted molar refractivity (Wildman–Crippen MR) is 70.8 cm³/mol. The standard InChI is InChI=1S/C13H20N2O3/c1-3-18-11(2)10-14-9-8-12-6-4-5-7-13(12)15(16)17/h4-7,11,14H,3,8-10H2,1-2H3. The van der Waals surface area contributed by atoms with Crippen LogP contribution in [0.5, 0.6) is 0 Å². The maximum Gasteiger partial charge on any atom is 0.272 e. The number of nitro benzene ring substituents is 1. The van der Waals surface area contributed by atoms with E-state index in [9.17, 15) is 10.1 Å². The molecular formula is C13H20N2O3. The van der Waals surface area contributed by atoms with Crippen LogP contribution in [0.25, 0.3) is 0 Å². The topological polar surface area (TPSA) is 64.4 Å². The van der Waals surface area contributed by atoms with Crippen LogP contribution in [0.1, 0.15) is 19.4 Å². The molecule has 0 saturated heterocycles. The van der Waals surface area contributed by atoms with Crippen LogP contribution in [0.2, 0.25) is 0 Å². The van der Waals surface area contributed by atoms with Gasteiger partial charge in [-0.15, -0.1) is 0 Å². The second-order valence-electron chi connectivity index (χ2n) is 4.11. The van der Waals surface area contributed by atoms with Gasteiger partial charge in [-0.2, -0.15) is 0 Å². The lowest BCUT2D eigenvalue weighted by molar-refractivity contribution is -0.385. The highest BCUT2D eigenvalue weighted by Gasteiger charge is 2.11. The molecule has 1 rings (SSSR count). The summed E-state index contributed by atoms with van der Waals surface area (Å²) in [7, 11) is 0. The molecule has 0 spiro atoms. The molecule has 1 atom stereocenters. The van der Waals surface area contributed by atoms with Gasteiger partial charge in [0, 0.05) is 24.8 Å². The highest BCUT2D eigenvalue weighted by atomic mass is 16.6. The highest BCUT2D eigenvalue weighted by Crippen LogP contribution is 2.17. The van der Waals surface area contributed by atoms with Crippen molar-refractivity contribution < 1.29 is 9.66 Å². The Balaban J connectivity index is 2.37. The van der Waals surface area contributed by atoms with Crippen LogP contribution in [-0.2, 0) is 11.2 Å². The zero-order valence-corrected chi connectivity index (χ0v) is 10.9. The van der Waals surface area contributed by atoms with E-state index in [1.54, 1.807) is 12.1 Å². The lowest BCUT2D eigenvalue weighted by Crippen LogP contribution is -2.28. The molecule has 0 bridgehead atoms. The number of hydrogen-bond donors (Lipinski definition) is 1. The number of nitrogens with zero attached hydrogens (tertiary/aromatic N) is 1. The second kappa shape index (κ2) is 7.79. The van der Waals surface area contributed by atoms with Crippen molar-refractivity contribution in [1.82, 2.24) is 5.32 Å². The third-order valence-corrected chi connectivity index (χ3v) is 2.64. The maximum absolute atomic E-state index is 10.8. The molecule has 5 heteroatoms. The van der Waals surface area contributed by atoms with E-state index in [0.29, 0.717) is 19.6 Å². The molecule has 0 aliphatic rings. The molecule has 100 valence electrons. The number of benzene rings is 1. The van der Waals surface area contributed by atoms with Gasteiger partial charge in [-0.3, -0.25) is 10.1 Å². The Kier molecular flexibility index (Phi) is 6.32. The Labute approximate surface area is 107 Å². The number of para-hydroxylation sites is 1. The summed E-state index contributed by atoms with van der Waals surface area (Å²) in [4.78, 5) is 10.5. The molecular weight excluding hydrogens is 232 g/mol. The fourth-order valence-corrected chi connectivity index (χ4v) is 1.77. The van der Waals surface area contributed by atoms with Crippen molar-refractivity contribution in [3.8, 4) is 0 Å². The maximum atomic E-state index is 10.8. The first-order chi connectivity index (χ1) is 8.65. The van der Waals surface area contributed by atoms with Gasteiger partial charge in [0.1, 0.15) is 0 Å². The van der Waals surface area contributed by atoms with Crippen LogP contribution in [0.15, 0.2) is 24.3 Å². The summed E-state index contributed by atoms with van der Waals surface area (Å²) >= 11 is 0. The molecule has 0 aromatic heterocycles. The van der Waals surface area contributed by atoms with Crippen molar-refractivity contribution in [3.63, 3.8) is 0 Å². The fourth-order valence-electron chi connectivity index (χ4n) is 1.77. The molecule has 18 heavy (non-hydrogen) atoms. The minimum absolute atomic E-state index is 0.167. The Morgan fingerprint density at radius 1 is 1.44 bits per heavy atom. The van der Waals surface area contributed by atoms with Crippen LogP contribution < -0.4 is 5.32 Å². The van der Waals surface area contributed by atoms with E-state index in [4.69, 9.17) is 4.74 Å². The van der Waals surface area contributed by atoms with Gasteiger partial charge < -0.3 is 10.1 Å². The number of nitro groups is 1. The zero-order chi connectivity index (χ0) is 13.4. The Morgan fingerprint density at radius 3 is 2.83 bits per heavy atom. The van der Waals surface area contributed by atoms with E-state index < -0.39 is 0 Å². The summed E-state index contributed by atoms with van der Waals surface area (Å²) in [5.41, 5.74) is 0.955. The molecule has 5 nitrogen and oxygen atoms in total. The number of ether oxygens (including phenoxy) is 1. The van der Waals surface area contributed by atoms with Gasteiger partial charge in [0.05, 0.1) is 11.0 Å². The summed E-state index contributed by atoms with van der Waals surface area (Å²) in [6, 6.07) is 6.85. The van der Waals surface area contributed by atoms with Crippen LogP contribution in [0.4, 0.5) is 5.69 Å². The summed E-state index contributed by atoms with van der Waals surface area (Å²) in [6.45, 7) is 6.13. The monoisotopic (exact) mass is 252 g/mol. The molecule has 0 fully saturated rings. The number of rotatable bonds is 8. The molecule has 0 radical (unpaired) electrons. The van der Waals surface area contributed by atoms with E-state index in [1.165, 1.54) is 6.07 Å². The van der Waals surface area contributed by atoms with Gasteiger partial charge in [-0.25, -0.2) is 0 Å². The highest BCUT2D eigenvalue weighted by molar-refractivity contribution is 5.39. The minimum Gasteiger partial charge on any atom is -0.377 e. The Morgan fingerprint density at radius 2 is 2.17 bits per heavy atom. The van der Waals surface area contributed by atoms with Gasteiger partial charge in [0.25, 0.3) is 5.69 Å². The summed E-state index contributed by atoms with van der Waals surface area (Å²) in [6.07, 6.45) is 0.816. The first-order valence-electron chi connectivity index (χ1n) is 6.19. The molecule has 0 aliphatic heterocycles. The summed E-state index contributed by atoms with van der Waals surface area (Å²) in [5.74, 6) is 0. The van der Waals surface area contributed by atoms with Gasteiger partial charge >= 0.3 is 0 Å². The third-order valence-electron chi connectivity index (χ3n) is 2.64. The van der Waals surface area contributed by atoms with Crippen molar-refractivity contribution in [3.05, 3.63) is 39.9 Å². The number of hydrogen-bond acceptors (Lipinski definition) is 4. The van der Waals surface area contributed by atoms with E-state index in [2.05, 4.69) is 5.32 Å². The van der Waals surface area contributed by atoms with Crippen molar-refractivity contribution in [2.45, 2.75) is 26.4 Å². The van der Waals surface area contributed by atoms with Gasteiger partial charge in [0.15, 0.2) is 0 Å². The Hall–Kier alpha value is -1.46. The molecule has 0 amide bonds. The Bertz CT molecular complexity index is 382. The van der Waals surface area contributed by atoms with Crippen LogP contribution >= 0.6 is 0 Å². The van der Waals surface area contributed by atoms with Gasteiger partial charge in [-0.05, 0) is 26.8 Å². The fraction of sp³-hybridized carbons (Fsp3) is 0.538. The van der Waals surface area contributed by atoms with E-state index >= 15 is 0 Å². The minimum atomic E-state index is -0.335. The summed E-state index contributed by atoms with van der Waals surface area (Å²) in [5, 5.41) is 14.0. The molecule has 1 aromatic carbocycles. The van der Waals surface area contributed by atoms with Gasteiger partial charge in [-0.1, -0.05) is 18.2 Å². The van der Waals surface area contributed by atoms with E-state index in [-0.39, 0.29) is 16.7 Å². The van der Waals surface area contributed by atoms with Crippen molar-refractivity contribution in [2.24, 2.45) is 0 Å². The SMILES string of the molecule is CCOC(C)CNCCc1ccccc1[N+](=O)[O-]. The number of nitrogens with one attached hydrogen (secondary N) is 1. The first-order valence-corrected chi connectivity index (χ1v) is 6.19. The van der Waals surface area contributed by atoms with Crippen LogP contribution in [0.3, 0.4) is 0 Å². The average Bonchev–Trinajstić information content (AvgIpc) is 2.35. The molecule has 1 aromatic rings. The van der Waals surface area contributed by atoms with Gasteiger partial charge in [0.2, 0.25) is 0 Å². The molecule has 0 saturated carbocycles. The van der Waals surface area contributed by atoms with Crippen molar-refractivity contribution in [1.29, 1.82) is 0 Å². The molecule has 1 N–H and O–H groups in total. The van der Waals surface area contributed by atoms with Crippen LogP contribution in [-0.4, -0.2) is 30.7 Å². The zero-order valence-electron chi connectivity index (χ0n) is 10.9. The largest absolute Gasteiger partial charge is 0.377 e. The molecule has 0 aliphatic carbocycles. The average molecular weight is 252 g/mol. The molecule has 1 unspecified atom stereocenters. The van der Waals surface area contributed by atoms with E-state index in [0.717, 1.165) is 12.1 Å². The van der Waals surface area contributed by atoms with Crippen molar-refractivity contribution >= 4 is 5.69 Å². The second-order valence-corrected chi connectivity index (χ2v) is 4.11. The molecule has 0 heterocycles. The first kappa shape index (κ1) is 14.6. The van der Waals surface area contributed by atoms with E-state index in [1.807, 2.05) is 19.9 Å². The van der Waals surface area contributed by atoms with Crippen LogP contribution in [0, 0.1) is 10.1 Å². The normalized spacial score (nSPS) is 12.3. The predicted octanol–water partition coefficient (Wildman–Crippen LogP) is 2.15. The lowest BCUT2D eigenvalue weighted by Gasteiger charge is -2.12. The lowest BCUT2D eigenvalue weighted by atomic mass is 10.1. The quantitative estimate of drug-likeness (QED) is 0.437.